The van der Waals surface area contributed by atoms with Crippen LogP contribution in [-0.2, 0) is 4.79 Å². The minimum atomic E-state index is -0.581. The van der Waals surface area contributed by atoms with Gasteiger partial charge in [0.15, 0.2) is 0 Å². The second-order valence-corrected chi connectivity index (χ2v) is 4.67. The molecule has 0 saturated carbocycles. The summed E-state index contributed by atoms with van der Waals surface area (Å²) >= 11 is 0. The molecule has 3 N–H and O–H groups in total. The molecule has 0 fully saturated rings. The molecule has 0 radical (unpaired) electrons. The highest BCUT2D eigenvalue weighted by atomic mass is 16.1. The second-order valence-electron chi connectivity index (χ2n) is 4.67. The standard InChI is InChI=1S/C12H16N4O/c1-12(2,11(13)17)8-15-10-5-3-4-9-14-6-7-16(9)10/h3-7,15H,8H2,1-2H3,(H2,13,17). The van der Waals surface area contributed by atoms with Crippen molar-refractivity contribution in [1.82, 2.24) is 9.38 Å². The number of pyridine rings is 1. The third kappa shape index (κ3) is 2.22. The monoisotopic (exact) mass is 232 g/mol. The first-order chi connectivity index (χ1) is 8.00. The number of anilines is 1. The minimum Gasteiger partial charge on any atom is -0.370 e. The number of aromatic nitrogens is 2. The van der Waals surface area contributed by atoms with Gasteiger partial charge in [0, 0.05) is 18.9 Å². The zero-order valence-corrected chi connectivity index (χ0v) is 9.97. The van der Waals surface area contributed by atoms with Crippen molar-refractivity contribution in [2.24, 2.45) is 11.1 Å². The maximum absolute atomic E-state index is 11.2. The molecule has 0 aliphatic heterocycles. The number of primary amides is 1. The number of nitrogens with zero attached hydrogens (tertiary/aromatic N) is 2. The van der Waals surface area contributed by atoms with Crippen LogP contribution in [0.25, 0.3) is 5.65 Å². The largest absolute Gasteiger partial charge is 0.370 e. The van der Waals surface area contributed by atoms with Crippen LogP contribution in [0.1, 0.15) is 13.8 Å². The van der Waals surface area contributed by atoms with Gasteiger partial charge in [0.2, 0.25) is 5.91 Å². The van der Waals surface area contributed by atoms with Crippen molar-refractivity contribution in [2.45, 2.75) is 13.8 Å². The van der Waals surface area contributed by atoms with Gasteiger partial charge in [0.25, 0.3) is 0 Å². The van der Waals surface area contributed by atoms with Crippen molar-refractivity contribution < 1.29 is 4.79 Å². The summed E-state index contributed by atoms with van der Waals surface area (Å²) < 4.78 is 1.93. The van der Waals surface area contributed by atoms with Crippen LogP contribution in [-0.4, -0.2) is 21.8 Å². The molecule has 0 aromatic carbocycles. The number of nitrogens with two attached hydrogens (primary N) is 1. The van der Waals surface area contributed by atoms with E-state index in [-0.39, 0.29) is 5.91 Å². The van der Waals surface area contributed by atoms with E-state index in [9.17, 15) is 4.79 Å². The van der Waals surface area contributed by atoms with Gasteiger partial charge in [0.1, 0.15) is 11.5 Å². The van der Waals surface area contributed by atoms with Crippen LogP contribution in [0.15, 0.2) is 30.6 Å². The molecule has 0 bridgehead atoms. The van der Waals surface area contributed by atoms with Crippen LogP contribution in [0.5, 0.6) is 0 Å². The molecule has 0 spiro atoms. The molecule has 2 aromatic heterocycles. The number of hydrogen-bond acceptors (Lipinski definition) is 3. The van der Waals surface area contributed by atoms with E-state index in [0.717, 1.165) is 11.5 Å². The highest BCUT2D eigenvalue weighted by Crippen LogP contribution is 2.17. The second kappa shape index (κ2) is 4.08. The van der Waals surface area contributed by atoms with Crippen LogP contribution < -0.4 is 11.1 Å². The Kier molecular flexibility index (Phi) is 2.75. The van der Waals surface area contributed by atoms with Crippen LogP contribution in [0.2, 0.25) is 0 Å². The van der Waals surface area contributed by atoms with Gasteiger partial charge in [-0.05, 0) is 26.0 Å². The Morgan fingerprint density at radius 1 is 1.53 bits per heavy atom. The van der Waals surface area contributed by atoms with E-state index in [0.29, 0.717) is 6.54 Å². The van der Waals surface area contributed by atoms with Crippen molar-refractivity contribution in [3.05, 3.63) is 30.6 Å². The Morgan fingerprint density at radius 2 is 2.29 bits per heavy atom. The van der Waals surface area contributed by atoms with Crippen LogP contribution in [0.4, 0.5) is 5.82 Å². The van der Waals surface area contributed by atoms with Crippen molar-refractivity contribution in [3.8, 4) is 0 Å². The summed E-state index contributed by atoms with van der Waals surface area (Å²) in [4.78, 5) is 15.4. The lowest BCUT2D eigenvalue weighted by Crippen LogP contribution is -2.37. The smallest absolute Gasteiger partial charge is 0.224 e. The molecule has 90 valence electrons. The van der Waals surface area contributed by atoms with E-state index in [2.05, 4.69) is 10.3 Å². The van der Waals surface area contributed by atoms with Crippen molar-refractivity contribution in [3.63, 3.8) is 0 Å². The number of hydrogen-bond donors (Lipinski definition) is 2. The van der Waals surface area contributed by atoms with Gasteiger partial charge >= 0.3 is 0 Å². The van der Waals surface area contributed by atoms with E-state index in [1.807, 2.05) is 42.6 Å². The molecular weight excluding hydrogens is 216 g/mol. The molecular formula is C12H16N4O. The number of carbonyl (C=O) groups excluding carboxylic acids is 1. The van der Waals surface area contributed by atoms with Gasteiger partial charge < -0.3 is 11.1 Å². The molecule has 2 heterocycles. The lowest BCUT2D eigenvalue weighted by Gasteiger charge is -2.21. The first kappa shape index (κ1) is 11.4. The summed E-state index contributed by atoms with van der Waals surface area (Å²) in [5.74, 6) is 0.581. The summed E-state index contributed by atoms with van der Waals surface area (Å²) in [7, 11) is 0. The first-order valence-corrected chi connectivity index (χ1v) is 5.46. The van der Waals surface area contributed by atoms with Crippen LogP contribution in [0.3, 0.4) is 0 Å². The molecule has 2 aromatic rings. The third-order valence-corrected chi connectivity index (χ3v) is 2.81. The molecule has 0 unspecified atom stereocenters. The predicted molar refractivity (Wildman–Crippen MR) is 66.7 cm³/mol. The number of rotatable bonds is 4. The Hall–Kier alpha value is -2.04. The number of imidazole rings is 1. The Labute approximate surface area is 99.6 Å². The highest BCUT2D eigenvalue weighted by Gasteiger charge is 2.24. The van der Waals surface area contributed by atoms with Crippen molar-refractivity contribution in [1.29, 1.82) is 0 Å². The SMILES string of the molecule is CC(C)(CNc1cccc2nccn12)C(N)=O. The van der Waals surface area contributed by atoms with E-state index in [1.54, 1.807) is 6.20 Å². The fraction of sp³-hybridized carbons (Fsp3) is 0.333. The van der Waals surface area contributed by atoms with Crippen LogP contribution >= 0.6 is 0 Å². The highest BCUT2D eigenvalue weighted by molar-refractivity contribution is 5.80. The van der Waals surface area contributed by atoms with E-state index in [1.165, 1.54) is 0 Å². The number of carbonyl (C=O) groups is 1. The molecule has 0 saturated heterocycles. The maximum Gasteiger partial charge on any atom is 0.224 e. The topological polar surface area (TPSA) is 72.4 Å². The lowest BCUT2D eigenvalue weighted by molar-refractivity contribution is -0.125. The van der Waals surface area contributed by atoms with Gasteiger partial charge in [-0.1, -0.05) is 6.07 Å². The van der Waals surface area contributed by atoms with Gasteiger partial charge in [-0.25, -0.2) is 4.98 Å². The molecule has 0 atom stereocenters. The summed E-state index contributed by atoms with van der Waals surface area (Å²) in [5, 5.41) is 3.22. The summed E-state index contributed by atoms with van der Waals surface area (Å²) in [6.07, 6.45) is 3.61. The predicted octanol–water partition coefficient (Wildman–Crippen LogP) is 1.26. The molecule has 0 aliphatic carbocycles. The quantitative estimate of drug-likeness (QED) is 0.833. The minimum absolute atomic E-state index is 0.317. The fourth-order valence-electron chi connectivity index (χ4n) is 1.49. The summed E-state index contributed by atoms with van der Waals surface area (Å²) in [6.45, 7) is 4.12. The summed E-state index contributed by atoms with van der Waals surface area (Å²) in [5.41, 5.74) is 5.62. The maximum atomic E-state index is 11.2. The Bertz CT molecular complexity index is 544. The molecule has 5 nitrogen and oxygen atoms in total. The summed E-state index contributed by atoms with van der Waals surface area (Å²) in [6, 6.07) is 5.78. The molecule has 1 amide bonds. The van der Waals surface area contributed by atoms with Crippen molar-refractivity contribution in [2.75, 3.05) is 11.9 Å². The van der Waals surface area contributed by atoms with Crippen LogP contribution in [0, 0.1) is 5.41 Å². The number of nitrogens with one attached hydrogen (secondary N) is 1. The van der Waals surface area contributed by atoms with Gasteiger partial charge in [-0.15, -0.1) is 0 Å². The van der Waals surface area contributed by atoms with Gasteiger partial charge in [0.05, 0.1) is 5.41 Å². The van der Waals surface area contributed by atoms with E-state index < -0.39 is 5.41 Å². The molecule has 2 rings (SSSR count). The zero-order valence-electron chi connectivity index (χ0n) is 9.97. The zero-order chi connectivity index (χ0) is 12.5. The normalized spacial score (nSPS) is 11.6. The first-order valence-electron chi connectivity index (χ1n) is 5.46. The van der Waals surface area contributed by atoms with E-state index >= 15 is 0 Å². The molecule has 0 aliphatic rings. The fourth-order valence-corrected chi connectivity index (χ4v) is 1.49. The molecule has 17 heavy (non-hydrogen) atoms. The third-order valence-electron chi connectivity index (χ3n) is 2.81. The Balaban J connectivity index is 2.19. The van der Waals surface area contributed by atoms with E-state index in [4.69, 9.17) is 5.73 Å². The number of amides is 1. The average Bonchev–Trinajstić information content (AvgIpc) is 2.74. The average molecular weight is 232 g/mol. The Morgan fingerprint density at radius 3 is 3.00 bits per heavy atom. The van der Waals surface area contributed by atoms with Crippen molar-refractivity contribution >= 4 is 17.4 Å². The molecule has 5 heteroatoms. The van der Waals surface area contributed by atoms with Gasteiger partial charge in [-0.2, -0.15) is 0 Å². The van der Waals surface area contributed by atoms with Gasteiger partial charge in [-0.3, -0.25) is 9.20 Å². The lowest BCUT2D eigenvalue weighted by atomic mass is 9.93. The number of fused-ring (bicyclic) bond motifs is 1.